The van der Waals surface area contributed by atoms with Crippen LogP contribution in [-0.4, -0.2) is 29.2 Å². The van der Waals surface area contributed by atoms with E-state index < -0.39 is 12.0 Å². The van der Waals surface area contributed by atoms with Gasteiger partial charge in [-0.3, -0.25) is 9.36 Å². The SMILES string of the molecule is CCCC1=C(C(=O)OCC)[C@@H](c2cc(Br)ccc2OC)n2c(s/c(=C/c3c(-c4ccccc4)[nH]c4ccccc34)c2=O)=N1. The average Bonchev–Trinajstić information content (AvgIpc) is 3.54. The van der Waals surface area contributed by atoms with E-state index in [0.29, 0.717) is 38.3 Å². The van der Waals surface area contributed by atoms with Crippen LogP contribution in [0.1, 0.15) is 43.9 Å². The predicted molar refractivity (Wildman–Crippen MR) is 174 cm³/mol. The Morgan fingerprint density at radius 3 is 2.60 bits per heavy atom. The summed E-state index contributed by atoms with van der Waals surface area (Å²) in [6.07, 6.45) is 3.27. The van der Waals surface area contributed by atoms with E-state index in [1.165, 1.54) is 11.3 Å². The summed E-state index contributed by atoms with van der Waals surface area (Å²) in [5.41, 5.74) is 5.26. The molecule has 1 N–H and O–H groups in total. The topological polar surface area (TPSA) is 85.7 Å². The number of para-hydroxylation sites is 1. The zero-order valence-electron chi connectivity index (χ0n) is 24.0. The van der Waals surface area contributed by atoms with Gasteiger partial charge in [-0.05, 0) is 49.2 Å². The molecule has 1 aliphatic rings. The van der Waals surface area contributed by atoms with E-state index in [-0.39, 0.29) is 12.2 Å². The van der Waals surface area contributed by atoms with Gasteiger partial charge in [0.1, 0.15) is 11.8 Å². The Hall–Kier alpha value is -4.21. The second-order valence-corrected chi connectivity index (χ2v) is 12.0. The minimum atomic E-state index is -0.775. The number of rotatable bonds is 8. The second-order valence-electron chi connectivity index (χ2n) is 10.1. The maximum absolute atomic E-state index is 14.4. The zero-order chi connectivity index (χ0) is 30.1. The lowest BCUT2D eigenvalue weighted by molar-refractivity contribution is -0.139. The van der Waals surface area contributed by atoms with Gasteiger partial charge < -0.3 is 14.5 Å². The summed E-state index contributed by atoms with van der Waals surface area (Å²) in [6, 6.07) is 22.9. The Labute approximate surface area is 261 Å². The van der Waals surface area contributed by atoms with Gasteiger partial charge in [-0.15, -0.1) is 0 Å². The van der Waals surface area contributed by atoms with E-state index in [1.807, 2.05) is 79.7 Å². The van der Waals surface area contributed by atoms with Gasteiger partial charge in [-0.2, -0.15) is 0 Å². The number of nitrogens with one attached hydrogen (secondary N) is 1. The molecule has 3 heterocycles. The van der Waals surface area contributed by atoms with Crippen molar-refractivity contribution in [3.8, 4) is 17.0 Å². The second kappa shape index (κ2) is 12.2. The highest BCUT2D eigenvalue weighted by Gasteiger charge is 2.36. The molecule has 2 aromatic heterocycles. The Balaban J connectivity index is 1.66. The quantitative estimate of drug-likeness (QED) is 0.194. The molecule has 43 heavy (non-hydrogen) atoms. The zero-order valence-corrected chi connectivity index (χ0v) is 26.4. The molecule has 0 aliphatic carbocycles. The highest BCUT2D eigenvalue weighted by molar-refractivity contribution is 9.10. The Morgan fingerprint density at radius 2 is 1.86 bits per heavy atom. The monoisotopic (exact) mass is 655 g/mol. The maximum atomic E-state index is 14.4. The van der Waals surface area contributed by atoms with E-state index in [9.17, 15) is 9.59 Å². The number of esters is 1. The molecule has 0 radical (unpaired) electrons. The number of aromatic amines is 1. The van der Waals surface area contributed by atoms with Crippen LogP contribution in [0.4, 0.5) is 0 Å². The molecule has 7 nitrogen and oxygen atoms in total. The third-order valence-electron chi connectivity index (χ3n) is 7.46. The molecule has 5 aromatic rings. The maximum Gasteiger partial charge on any atom is 0.338 e. The Bertz CT molecular complexity index is 2060. The summed E-state index contributed by atoms with van der Waals surface area (Å²) in [6.45, 7) is 4.02. The molecule has 3 aromatic carbocycles. The number of thiazole rings is 1. The summed E-state index contributed by atoms with van der Waals surface area (Å²) in [4.78, 5) is 37.0. The fourth-order valence-electron chi connectivity index (χ4n) is 5.61. The first-order valence-electron chi connectivity index (χ1n) is 14.2. The molecular weight excluding hydrogens is 626 g/mol. The summed E-state index contributed by atoms with van der Waals surface area (Å²) >= 11 is 4.90. The van der Waals surface area contributed by atoms with Crippen molar-refractivity contribution in [3.05, 3.63) is 119 Å². The summed E-state index contributed by atoms with van der Waals surface area (Å²) < 4.78 is 14.2. The number of halogens is 1. The number of nitrogens with zero attached hydrogens (tertiary/aromatic N) is 2. The number of hydrogen-bond acceptors (Lipinski definition) is 6. The standard InChI is InChI=1S/C34H30BrN3O4S/c1-4-11-26-29(33(40)42-5-2)31(24-18-21(35)16-17-27(24)41-3)38-32(39)28(43-34(38)37-26)19-23-22-14-9-10-15-25(22)36-30(23)20-12-7-6-8-13-20/h6-10,12-19,31,36H,4-5,11H2,1-3H3/b28-19+/t31-/m1/s1. The first-order valence-corrected chi connectivity index (χ1v) is 15.8. The van der Waals surface area contributed by atoms with Crippen LogP contribution < -0.4 is 19.6 Å². The van der Waals surface area contributed by atoms with Gasteiger partial charge in [0, 0.05) is 26.5 Å². The third kappa shape index (κ3) is 5.28. The minimum Gasteiger partial charge on any atom is -0.496 e. The van der Waals surface area contributed by atoms with Crippen molar-refractivity contribution in [2.75, 3.05) is 13.7 Å². The molecule has 0 amide bonds. The lowest BCUT2D eigenvalue weighted by Crippen LogP contribution is -2.40. The molecule has 0 bridgehead atoms. The molecule has 0 unspecified atom stereocenters. The largest absolute Gasteiger partial charge is 0.496 e. The van der Waals surface area contributed by atoms with Crippen LogP contribution in [0.5, 0.6) is 5.75 Å². The summed E-state index contributed by atoms with van der Waals surface area (Å²) in [7, 11) is 1.58. The van der Waals surface area contributed by atoms with Crippen molar-refractivity contribution in [1.82, 2.24) is 9.55 Å². The van der Waals surface area contributed by atoms with Gasteiger partial charge in [0.05, 0.1) is 35.2 Å². The van der Waals surface area contributed by atoms with Crippen molar-refractivity contribution < 1.29 is 14.3 Å². The van der Waals surface area contributed by atoms with Crippen LogP contribution in [0.15, 0.2) is 98.3 Å². The number of benzene rings is 3. The van der Waals surface area contributed by atoms with E-state index in [1.54, 1.807) is 18.6 Å². The molecule has 0 spiro atoms. The Morgan fingerprint density at radius 1 is 1.09 bits per heavy atom. The molecular formula is C34H30BrN3O4S. The van der Waals surface area contributed by atoms with Crippen molar-refractivity contribution in [3.63, 3.8) is 0 Å². The number of allylic oxidation sites excluding steroid dienone is 1. The molecule has 218 valence electrons. The van der Waals surface area contributed by atoms with Crippen molar-refractivity contribution >= 4 is 50.2 Å². The number of carbonyl (C=O) groups is 1. The highest BCUT2D eigenvalue weighted by atomic mass is 79.9. The Kier molecular flexibility index (Phi) is 8.19. The normalized spacial score (nSPS) is 15.0. The van der Waals surface area contributed by atoms with Gasteiger partial charge >= 0.3 is 5.97 Å². The number of aromatic nitrogens is 2. The van der Waals surface area contributed by atoms with Crippen LogP contribution in [0.3, 0.4) is 0 Å². The number of ether oxygens (including phenoxy) is 2. The first-order chi connectivity index (χ1) is 20.9. The van der Waals surface area contributed by atoms with Crippen LogP contribution >= 0.6 is 27.3 Å². The fraction of sp³-hybridized carbons (Fsp3) is 0.206. The molecule has 0 fully saturated rings. The number of H-pyrrole nitrogens is 1. The molecule has 0 saturated heterocycles. The number of fused-ring (bicyclic) bond motifs is 2. The van der Waals surface area contributed by atoms with E-state index in [4.69, 9.17) is 14.5 Å². The van der Waals surface area contributed by atoms with Gasteiger partial charge in [0.15, 0.2) is 4.80 Å². The van der Waals surface area contributed by atoms with Crippen LogP contribution in [-0.2, 0) is 9.53 Å². The molecule has 1 aliphatic heterocycles. The molecule has 0 saturated carbocycles. The molecule has 9 heteroatoms. The van der Waals surface area contributed by atoms with Crippen LogP contribution in [0.25, 0.3) is 28.2 Å². The van der Waals surface area contributed by atoms with Crippen molar-refractivity contribution in [1.29, 1.82) is 0 Å². The van der Waals surface area contributed by atoms with Crippen LogP contribution in [0, 0.1) is 0 Å². The van der Waals surface area contributed by atoms with Crippen molar-refractivity contribution in [2.45, 2.75) is 32.7 Å². The third-order valence-corrected chi connectivity index (χ3v) is 8.94. The molecule has 1 atom stereocenters. The summed E-state index contributed by atoms with van der Waals surface area (Å²) in [5.74, 6) is 0.0734. The predicted octanol–water partition coefficient (Wildman–Crippen LogP) is 6.50. The number of methoxy groups -OCH3 is 1. The lowest BCUT2D eigenvalue weighted by Gasteiger charge is -2.27. The van der Waals surface area contributed by atoms with Gasteiger partial charge in [0.25, 0.3) is 5.56 Å². The highest BCUT2D eigenvalue weighted by Crippen LogP contribution is 2.38. The summed E-state index contributed by atoms with van der Waals surface area (Å²) in [5, 5.41) is 1.01. The van der Waals surface area contributed by atoms with E-state index >= 15 is 0 Å². The van der Waals surface area contributed by atoms with Crippen LogP contribution in [0.2, 0.25) is 0 Å². The van der Waals surface area contributed by atoms with Gasteiger partial charge in [0.2, 0.25) is 0 Å². The lowest BCUT2D eigenvalue weighted by atomic mass is 9.93. The van der Waals surface area contributed by atoms with Crippen molar-refractivity contribution in [2.24, 2.45) is 4.99 Å². The average molecular weight is 657 g/mol. The number of hydrogen-bond donors (Lipinski definition) is 1. The van der Waals surface area contributed by atoms with Gasteiger partial charge in [-0.25, -0.2) is 9.79 Å². The fourth-order valence-corrected chi connectivity index (χ4v) is 6.99. The van der Waals surface area contributed by atoms with E-state index in [2.05, 4.69) is 27.0 Å². The van der Waals surface area contributed by atoms with Gasteiger partial charge in [-0.1, -0.05) is 89.1 Å². The molecule has 6 rings (SSSR count). The smallest absolute Gasteiger partial charge is 0.338 e. The van der Waals surface area contributed by atoms with E-state index in [0.717, 1.165) is 38.6 Å². The first kappa shape index (κ1) is 28.9. The number of carbonyl (C=O) groups excluding carboxylic acids is 1. The minimum absolute atomic E-state index is 0.206.